The molecule has 38 heavy (non-hydrogen) atoms. The summed E-state index contributed by atoms with van der Waals surface area (Å²) in [6.07, 6.45) is 5.08. The molecule has 0 bridgehead atoms. The maximum Gasteiger partial charge on any atom is 0.163 e. The molecular formula is C31H31N3O4. The molecule has 4 rings (SSSR count). The molecule has 2 aromatic heterocycles. The number of hydrogen-bond donors (Lipinski definition) is 1. The number of aromatic nitrogens is 2. The number of fused-ring (bicyclic) bond motifs is 1. The highest BCUT2D eigenvalue weighted by Gasteiger charge is 2.18. The second-order valence-electron chi connectivity index (χ2n) is 9.73. The van der Waals surface area contributed by atoms with Crippen LogP contribution in [0.2, 0.25) is 0 Å². The average Bonchev–Trinajstić information content (AvgIpc) is 3.33. The molecule has 0 fully saturated rings. The first-order chi connectivity index (χ1) is 18.3. The predicted molar refractivity (Wildman–Crippen MR) is 145 cm³/mol. The Morgan fingerprint density at radius 1 is 1.13 bits per heavy atom. The summed E-state index contributed by atoms with van der Waals surface area (Å²) in [6, 6.07) is 18.6. The van der Waals surface area contributed by atoms with Gasteiger partial charge in [0, 0.05) is 36.5 Å². The molecule has 1 atom stereocenters. The summed E-state index contributed by atoms with van der Waals surface area (Å²) in [4.78, 5) is 29.7. The van der Waals surface area contributed by atoms with E-state index in [1.165, 1.54) is 6.92 Å². The van der Waals surface area contributed by atoms with E-state index in [4.69, 9.17) is 4.74 Å². The van der Waals surface area contributed by atoms with Crippen LogP contribution in [0.3, 0.4) is 0 Å². The Morgan fingerprint density at radius 2 is 1.89 bits per heavy atom. The molecule has 0 aliphatic carbocycles. The number of carbonyl (C=O) groups is 2. The van der Waals surface area contributed by atoms with Gasteiger partial charge in [0.1, 0.15) is 17.5 Å². The van der Waals surface area contributed by atoms with Gasteiger partial charge in [-0.15, -0.1) is 0 Å². The molecular weight excluding hydrogens is 478 g/mol. The number of carbonyl (C=O) groups excluding carboxylic acids is 2. The van der Waals surface area contributed by atoms with Gasteiger partial charge in [-0.2, -0.15) is 5.26 Å². The van der Waals surface area contributed by atoms with Gasteiger partial charge in [0.15, 0.2) is 11.6 Å². The number of imidazole rings is 1. The van der Waals surface area contributed by atoms with E-state index in [2.05, 4.69) is 11.1 Å². The van der Waals surface area contributed by atoms with Gasteiger partial charge in [-0.1, -0.05) is 24.3 Å². The second-order valence-corrected chi connectivity index (χ2v) is 9.73. The molecule has 0 saturated carbocycles. The molecule has 0 amide bonds. The molecule has 0 unspecified atom stereocenters. The molecule has 4 aromatic rings. The van der Waals surface area contributed by atoms with Crippen LogP contribution in [-0.4, -0.2) is 38.8 Å². The number of aliphatic hydroxyl groups excluding tert-OH is 1. The van der Waals surface area contributed by atoms with E-state index in [0.29, 0.717) is 40.9 Å². The number of pyridine rings is 1. The minimum atomic E-state index is -0.0744. The number of Topliss-reactive ketones (excluding diaryl/α,β-unsaturated/α-hetero) is 2. The van der Waals surface area contributed by atoms with Gasteiger partial charge < -0.3 is 14.2 Å². The first kappa shape index (κ1) is 26.8. The standard InChI is InChI=1S/C31H31N3O4/c1-20(2)38-30-11-10-25(17-26(30)18-32)29(37)16-23(12-14-35)15-22-6-8-24(9-7-22)28-19-34-13-4-5-27(21(3)36)31(34)33-28/h4-11,13,17,19-20,23,35H,12,14-16H2,1-3H3/t23-/m1/s1. The Balaban J connectivity index is 1.48. The van der Waals surface area contributed by atoms with Crippen LogP contribution >= 0.6 is 0 Å². The fourth-order valence-corrected chi connectivity index (χ4v) is 4.56. The maximum atomic E-state index is 13.1. The van der Waals surface area contributed by atoms with Crippen LogP contribution < -0.4 is 4.74 Å². The van der Waals surface area contributed by atoms with Gasteiger partial charge in [-0.3, -0.25) is 9.59 Å². The van der Waals surface area contributed by atoms with E-state index < -0.39 is 0 Å². The lowest BCUT2D eigenvalue weighted by molar-refractivity contribution is 0.0952. The zero-order valence-electron chi connectivity index (χ0n) is 21.8. The summed E-state index contributed by atoms with van der Waals surface area (Å²) in [6.45, 7) is 5.28. The zero-order valence-corrected chi connectivity index (χ0v) is 21.8. The quantitative estimate of drug-likeness (QED) is 0.261. The van der Waals surface area contributed by atoms with E-state index in [9.17, 15) is 20.0 Å². The zero-order chi connectivity index (χ0) is 27.2. The molecule has 0 spiro atoms. The van der Waals surface area contributed by atoms with Gasteiger partial charge in [0.05, 0.1) is 22.9 Å². The van der Waals surface area contributed by atoms with Crippen LogP contribution in [0.4, 0.5) is 0 Å². The number of ketones is 2. The van der Waals surface area contributed by atoms with Crippen molar-refractivity contribution in [2.75, 3.05) is 6.61 Å². The summed E-state index contributed by atoms with van der Waals surface area (Å²) in [5.41, 5.74) is 4.75. The summed E-state index contributed by atoms with van der Waals surface area (Å²) in [5.74, 6) is 0.313. The van der Waals surface area contributed by atoms with Gasteiger partial charge >= 0.3 is 0 Å². The Morgan fingerprint density at radius 3 is 2.55 bits per heavy atom. The van der Waals surface area contributed by atoms with Crippen LogP contribution in [0.15, 0.2) is 67.0 Å². The van der Waals surface area contributed by atoms with Crippen LogP contribution in [0, 0.1) is 17.2 Å². The maximum absolute atomic E-state index is 13.1. The summed E-state index contributed by atoms with van der Waals surface area (Å²) < 4.78 is 7.51. The first-order valence-electron chi connectivity index (χ1n) is 12.7. The van der Waals surface area contributed by atoms with E-state index in [1.807, 2.05) is 61.0 Å². The number of benzene rings is 2. The Hall–Kier alpha value is -4.28. The van der Waals surface area contributed by atoms with Crippen molar-refractivity contribution in [3.05, 3.63) is 89.2 Å². The monoisotopic (exact) mass is 509 g/mol. The number of hydrogen-bond acceptors (Lipinski definition) is 6. The molecule has 2 heterocycles. The van der Waals surface area contributed by atoms with Crippen molar-refractivity contribution in [3.8, 4) is 23.1 Å². The lowest BCUT2D eigenvalue weighted by Crippen LogP contribution is -2.14. The van der Waals surface area contributed by atoms with Crippen molar-refractivity contribution in [1.29, 1.82) is 5.26 Å². The Bertz CT molecular complexity index is 1500. The third-order valence-corrected chi connectivity index (χ3v) is 6.43. The van der Waals surface area contributed by atoms with Gasteiger partial charge in [0.2, 0.25) is 0 Å². The van der Waals surface area contributed by atoms with E-state index in [-0.39, 0.29) is 36.6 Å². The normalized spacial score (nSPS) is 11.9. The molecule has 7 heteroatoms. The number of nitriles is 1. The highest BCUT2D eigenvalue weighted by molar-refractivity contribution is 6.00. The molecule has 2 aromatic carbocycles. The molecule has 0 saturated heterocycles. The highest BCUT2D eigenvalue weighted by atomic mass is 16.5. The summed E-state index contributed by atoms with van der Waals surface area (Å²) >= 11 is 0. The number of nitrogens with zero attached hydrogens (tertiary/aromatic N) is 3. The fourth-order valence-electron chi connectivity index (χ4n) is 4.56. The Kier molecular flexibility index (Phi) is 8.35. The highest BCUT2D eigenvalue weighted by Crippen LogP contribution is 2.26. The molecule has 0 radical (unpaired) electrons. The topological polar surface area (TPSA) is 105 Å². The molecule has 194 valence electrons. The number of aliphatic hydroxyl groups is 1. The van der Waals surface area contributed by atoms with Gasteiger partial charge in [0.25, 0.3) is 0 Å². The van der Waals surface area contributed by atoms with Crippen molar-refractivity contribution in [1.82, 2.24) is 9.38 Å². The van der Waals surface area contributed by atoms with Crippen LogP contribution in [0.5, 0.6) is 5.75 Å². The third kappa shape index (κ3) is 6.16. The first-order valence-corrected chi connectivity index (χ1v) is 12.7. The summed E-state index contributed by atoms with van der Waals surface area (Å²) in [5, 5.41) is 19.1. The minimum absolute atomic E-state index is 0.0135. The molecule has 1 N–H and O–H groups in total. The minimum Gasteiger partial charge on any atom is -0.490 e. The van der Waals surface area contributed by atoms with Crippen molar-refractivity contribution in [2.24, 2.45) is 5.92 Å². The van der Waals surface area contributed by atoms with Crippen molar-refractivity contribution >= 4 is 17.2 Å². The number of ether oxygens (including phenoxy) is 1. The lowest BCUT2D eigenvalue weighted by Gasteiger charge is -2.16. The predicted octanol–water partition coefficient (Wildman–Crippen LogP) is 5.68. The van der Waals surface area contributed by atoms with Crippen molar-refractivity contribution in [2.45, 2.75) is 46.1 Å². The van der Waals surface area contributed by atoms with Gasteiger partial charge in [-0.25, -0.2) is 4.98 Å². The third-order valence-electron chi connectivity index (χ3n) is 6.43. The van der Waals surface area contributed by atoms with Crippen molar-refractivity contribution in [3.63, 3.8) is 0 Å². The summed E-state index contributed by atoms with van der Waals surface area (Å²) in [7, 11) is 0. The van der Waals surface area contributed by atoms with Crippen LogP contribution in [0.25, 0.3) is 16.9 Å². The van der Waals surface area contributed by atoms with Crippen molar-refractivity contribution < 1.29 is 19.4 Å². The molecule has 0 aliphatic rings. The van der Waals surface area contributed by atoms with Crippen LogP contribution in [0.1, 0.15) is 65.5 Å². The largest absolute Gasteiger partial charge is 0.490 e. The Labute approximate surface area is 222 Å². The SMILES string of the molecule is CC(=O)c1cccn2cc(-c3ccc(C[C@@H](CCO)CC(=O)c4ccc(OC(C)C)c(C#N)c4)cc3)nc12. The number of rotatable bonds is 11. The molecule has 0 aliphatic heterocycles. The second kappa shape index (κ2) is 11.8. The van der Waals surface area contributed by atoms with E-state index in [1.54, 1.807) is 24.3 Å². The van der Waals surface area contributed by atoms with E-state index >= 15 is 0 Å². The van der Waals surface area contributed by atoms with E-state index in [0.717, 1.165) is 16.8 Å². The van der Waals surface area contributed by atoms with Gasteiger partial charge in [-0.05, 0) is 75.4 Å². The lowest BCUT2D eigenvalue weighted by atomic mass is 9.89. The smallest absolute Gasteiger partial charge is 0.163 e. The fraction of sp³-hybridized carbons (Fsp3) is 0.290. The average molecular weight is 510 g/mol. The van der Waals surface area contributed by atoms with Crippen LogP contribution in [-0.2, 0) is 6.42 Å². The molecule has 7 nitrogen and oxygen atoms in total.